The molecule has 1 N–H and O–H groups in total. The zero-order chi connectivity index (χ0) is 28.6. The quantitative estimate of drug-likeness (QED) is 0.0834. The van der Waals surface area contributed by atoms with E-state index in [1.807, 2.05) is 30.3 Å². The van der Waals surface area contributed by atoms with Crippen LogP contribution in [0.15, 0.2) is 42.5 Å². The van der Waals surface area contributed by atoms with Gasteiger partial charge in [0, 0.05) is 5.39 Å². The third-order valence-corrected chi connectivity index (χ3v) is 7.86. The van der Waals surface area contributed by atoms with Gasteiger partial charge in [0.15, 0.2) is 0 Å². The van der Waals surface area contributed by atoms with Crippen LogP contribution in [0.5, 0.6) is 5.75 Å². The molecule has 0 spiro atoms. The standard InChI is InChI=1S/C32H53O7P/c1-2-3-4-5-6-7-8-9-10-11-12-13-14-17-23-38-40(33,34)39-29-27-36-25-24-35-26-28-37-32-22-18-20-30-19-15-16-21-31(30)32/h15-16,18-22H,2-14,17,23-29H2,1H3,(H,33,34). The summed E-state index contributed by atoms with van der Waals surface area (Å²) in [5.41, 5.74) is 0. The van der Waals surface area contributed by atoms with Crippen LogP contribution in [0.25, 0.3) is 10.8 Å². The van der Waals surface area contributed by atoms with E-state index in [1.165, 1.54) is 70.6 Å². The topological polar surface area (TPSA) is 83.5 Å². The van der Waals surface area contributed by atoms with Crippen molar-refractivity contribution >= 4 is 18.6 Å². The molecule has 0 fully saturated rings. The molecule has 0 aliphatic heterocycles. The van der Waals surface area contributed by atoms with Crippen molar-refractivity contribution in [2.75, 3.05) is 46.2 Å². The summed E-state index contributed by atoms with van der Waals surface area (Å²) >= 11 is 0. The van der Waals surface area contributed by atoms with Crippen molar-refractivity contribution in [3.63, 3.8) is 0 Å². The first kappa shape index (κ1) is 34.7. The first-order valence-corrected chi connectivity index (χ1v) is 17.0. The van der Waals surface area contributed by atoms with E-state index in [9.17, 15) is 9.46 Å². The van der Waals surface area contributed by atoms with E-state index >= 15 is 0 Å². The molecule has 8 heteroatoms. The molecule has 40 heavy (non-hydrogen) atoms. The fourth-order valence-corrected chi connectivity index (χ4v) is 5.32. The zero-order valence-electron chi connectivity index (χ0n) is 24.7. The molecule has 0 radical (unpaired) electrons. The maximum atomic E-state index is 12.0. The molecule has 2 aromatic rings. The maximum Gasteiger partial charge on any atom is 0.472 e. The minimum atomic E-state index is -4.02. The van der Waals surface area contributed by atoms with Crippen LogP contribution < -0.4 is 4.74 Å². The van der Waals surface area contributed by atoms with E-state index in [-0.39, 0.29) is 19.8 Å². The van der Waals surface area contributed by atoms with Gasteiger partial charge in [-0.05, 0) is 17.9 Å². The molecule has 1 unspecified atom stereocenters. The van der Waals surface area contributed by atoms with E-state index in [0.29, 0.717) is 26.4 Å². The SMILES string of the molecule is CCCCCCCCCCCCCCCCOP(=O)(O)OCCOCCOCCOc1cccc2ccccc12. The van der Waals surface area contributed by atoms with Gasteiger partial charge in [0.1, 0.15) is 12.4 Å². The number of benzene rings is 2. The van der Waals surface area contributed by atoms with E-state index < -0.39 is 7.82 Å². The highest BCUT2D eigenvalue weighted by atomic mass is 31.2. The summed E-state index contributed by atoms with van der Waals surface area (Å²) in [6, 6.07) is 14.1. The van der Waals surface area contributed by atoms with Gasteiger partial charge < -0.3 is 19.1 Å². The molecule has 2 aromatic carbocycles. The Morgan fingerprint density at radius 2 is 1.07 bits per heavy atom. The first-order valence-electron chi connectivity index (χ1n) is 15.5. The van der Waals surface area contributed by atoms with Crippen LogP contribution >= 0.6 is 7.82 Å². The van der Waals surface area contributed by atoms with Crippen LogP contribution in [0.3, 0.4) is 0 Å². The smallest absolute Gasteiger partial charge is 0.472 e. The van der Waals surface area contributed by atoms with Gasteiger partial charge in [0.05, 0.1) is 39.6 Å². The number of hydrogen-bond acceptors (Lipinski definition) is 6. The third kappa shape index (κ3) is 17.4. The molecule has 0 bridgehead atoms. The predicted molar refractivity (Wildman–Crippen MR) is 163 cm³/mol. The van der Waals surface area contributed by atoms with E-state index in [0.717, 1.165) is 35.8 Å². The fraction of sp³-hybridized carbons (Fsp3) is 0.688. The van der Waals surface area contributed by atoms with E-state index in [4.69, 9.17) is 23.3 Å². The molecule has 0 aromatic heterocycles. The Bertz CT molecular complexity index is 918. The average molecular weight is 581 g/mol. The van der Waals surface area contributed by atoms with Crippen molar-refractivity contribution in [2.45, 2.75) is 96.8 Å². The lowest BCUT2D eigenvalue weighted by Crippen LogP contribution is -2.12. The molecular weight excluding hydrogens is 527 g/mol. The molecule has 228 valence electrons. The number of rotatable bonds is 27. The second-order valence-corrected chi connectivity index (χ2v) is 11.7. The van der Waals surface area contributed by atoms with Gasteiger partial charge in [0.25, 0.3) is 0 Å². The molecule has 0 aliphatic rings. The molecule has 0 saturated heterocycles. The molecule has 2 rings (SSSR count). The number of ether oxygens (including phenoxy) is 3. The van der Waals surface area contributed by atoms with Crippen molar-refractivity contribution in [3.8, 4) is 5.75 Å². The Morgan fingerprint density at radius 1 is 0.575 bits per heavy atom. The molecule has 0 amide bonds. The van der Waals surface area contributed by atoms with Gasteiger partial charge >= 0.3 is 7.82 Å². The van der Waals surface area contributed by atoms with Gasteiger partial charge in [-0.2, -0.15) is 0 Å². The summed E-state index contributed by atoms with van der Waals surface area (Å²) in [7, 11) is -4.02. The summed E-state index contributed by atoms with van der Waals surface area (Å²) in [4.78, 5) is 9.80. The summed E-state index contributed by atoms with van der Waals surface area (Å²) in [6.45, 7) is 4.36. The van der Waals surface area contributed by atoms with Crippen LogP contribution in [0.4, 0.5) is 0 Å². The molecule has 0 heterocycles. The normalized spacial score (nSPS) is 13.1. The van der Waals surface area contributed by atoms with E-state index in [1.54, 1.807) is 0 Å². The first-order chi connectivity index (χ1) is 19.6. The van der Waals surface area contributed by atoms with Crippen LogP contribution in [-0.2, 0) is 23.1 Å². The largest absolute Gasteiger partial charge is 0.491 e. The number of phosphoric ester groups is 1. The van der Waals surface area contributed by atoms with Crippen molar-refractivity contribution in [2.24, 2.45) is 0 Å². The highest BCUT2D eigenvalue weighted by molar-refractivity contribution is 7.47. The molecule has 1 atom stereocenters. The number of hydrogen-bond donors (Lipinski definition) is 1. The summed E-state index contributed by atoms with van der Waals surface area (Å²) in [5.74, 6) is 0.843. The lowest BCUT2D eigenvalue weighted by atomic mass is 10.0. The molecule has 7 nitrogen and oxygen atoms in total. The van der Waals surface area contributed by atoms with Crippen LogP contribution in [0.1, 0.15) is 96.8 Å². The Hall–Kier alpha value is -1.47. The Balaban J connectivity index is 1.32. The van der Waals surface area contributed by atoms with Gasteiger partial charge in [-0.15, -0.1) is 0 Å². The minimum Gasteiger partial charge on any atom is -0.491 e. The van der Waals surface area contributed by atoms with Gasteiger partial charge in [-0.1, -0.05) is 127 Å². The lowest BCUT2D eigenvalue weighted by Gasteiger charge is -2.12. The monoisotopic (exact) mass is 580 g/mol. The number of phosphoric acid groups is 1. The predicted octanol–water partition coefficient (Wildman–Crippen LogP) is 8.87. The van der Waals surface area contributed by atoms with Gasteiger partial charge in [0.2, 0.25) is 0 Å². The zero-order valence-corrected chi connectivity index (χ0v) is 25.6. The summed E-state index contributed by atoms with van der Waals surface area (Å²) in [5, 5.41) is 2.22. The van der Waals surface area contributed by atoms with Crippen LogP contribution in [0.2, 0.25) is 0 Å². The van der Waals surface area contributed by atoms with Crippen LogP contribution in [-0.4, -0.2) is 51.1 Å². The summed E-state index contributed by atoms with van der Waals surface area (Å²) < 4.78 is 38.8. The van der Waals surface area contributed by atoms with Crippen molar-refractivity contribution in [1.29, 1.82) is 0 Å². The second kappa shape index (κ2) is 23.1. The minimum absolute atomic E-state index is 0.00326. The molecular formula is C32H53O7P. The van der Waals surface area contributed by atoms with Crippen molar-refractivity contribution in [3.05, 3.63) is 42.5 Å². The Labute approximate surface area is 242 Å². The Kier molecular flexibility index (Phi) is 20.1. The maximum absolute atomic E-state index is 12.0. The van der Waals surface area contributed by atoms with E-state index in [2.05, 4.69) is 19.1 Å². The van der Waals surface area contributed by atoms with Gasteiger partial charge in [-0.3, -0.25) is 9.05 Å². The second-order valence-electron chi connectivity index (χ2n) is 10.3. The molecule has 0 saturated carbocycles. The van der Waals surface area contributed by atoms with Crippen molar-refractivity contribution in [1.82, 2.24) is 0 Å². The fourth-order valence-electron chi connectivity index (χ4n) is 4.58. The average Bonchev–Trinajstić information content (AvgIpc) is 2.96. The summed E-state index contributed by atoms with van der Waals surface area (Å²) in [6.07, 6.45) is 17.7. The lowest BCUT2D eigenvalue weighted by molar-refractivity contribution is 0.0225. The van der Waals surface area contributed by atoms with Gasteiger partial charge in [-0.25, -0.2) is 4.57 Å². The third-order valence-electron chi connectivity index (χ3n) is 6.84. The van der Waals surface area contributed by atoms with Crippen LogP contribution in [0, 0.1) is 0 Å². The highest BCUT2D eigenvalue weighted by Crippen LogP contribution is 2.43. The number of unbranched alkanes of at least 4 members (excludes halogenated alkanes) is 13. The highest BCUT2D eigenvalue weighted by Gasteiger charge is 2.20. The van der Waals surface area contributed by atoms with Crippen molar-refractivity contribution < 1.29 is 32.7 Å². The number of fused-ring (bicyclic) bond motifs is 1. The Morgan fingerprint density at radius 3 is 1.73 bits per heavy atom. The molecule has 0 aliphatic carbocycles.